The lowest BCUT2D eigenvalue weighted by molar-refractivity contribution is -0.154. The normalized spacial score (nSPS) is 15.0. The molecule has 1 fully saturated rings. The molecule has 0 atom stereocenters. The van der Waals surface area contributed by atoms with Crippen molar-refractivity contribution in [2.24, 2.45) is 5.41 Å². The Morgan fingerprint density at radius 1 is 1.14 bits per heavy atom. The second-order valence-corrected chi connectivity index (χ2v) is 7.44. The van der Waals surface area contributed by atoms with Crippen molar-refractivity contribution in [2.45, 2.75) is 39.2 Å². The van der Waals surface area contributed by atoms with E-state index in [0.29, 0.717) is 18.9 Å². The Kier molecular flexibility index (Phi) is 4.90. The molecule has 2 aromatic carbocycles. The lowest BCUT2D eigenvalue weighted by Crippen LogP contribution is -2.39. The number of ether oxygens (including phenoxy) is 1. The van der Waals surface area contributed by atoms with Gasteiger partial charge in [-0.05, 0) is 56.0 Å². The third-order valence-electron chi connectivity index (χ3n) is 5.52. The largest absolute Gasteiger partial charge is 0.487 e. The van der Waals surface area contributed by atoms with E-state index in [-0.39, 0.29) is 0 Å². The summed E-state index contributed by atoms with van der Waals surface area (Å²) < 4.78 is 11.6. The van der Waals surface area contributed by atoms with Crippen LogP contribution in [0.25, 0.3) is 11.5 Å². The fourth-order valence-electron chi connectivity index (χ4n) is 3.58. The van der Waals surface area contributed by atoms with Gasteiger partial charge < -0.3 is 14.3 Å². The highest BCUT2D eigenvalue weighted by Gasteiger charge is 2.44. The van der Waals surface area contributed by atoms with E-state index in [1.165, 1.54) is 0 Å². The lowest BCUT2D eigenvalue weighted by Gasteiger charge is -2.37. The van der Waals surface area contributed by atoms with Crippen molar-refractivity contribution in [3.63, 3.8) is 0 Å². The molecule has 0 unspecified atom stereocenters. The number of oxazole rings is 1. The van der Waals surface area contributed by atoms with E-state index in [1.807, 2.05) is 61.5 Å². The first kappa shape index (κ1) is 18.3. The molecule has 1 aromatic heterocycles. The summed E-state index contributed by atoms with van der Waals surface area (Å²) in [4.78, 5) is 16.1. The zero-order chi connectivity index (χ0) is 19.6. The molecule has 0 spiro atoms. The van der Waals surface area contributed by atoms with Crippen molar-refractivity contribution in [3.05, 3.63) is 71.6 Å². The monoisotopic (exact) mass is 377 g/mol. The number of nitrogens with zero attached hydrogens (tertiary/aromatic N) is 1. The predicted octanol–water partition coefficient (Wildman–Crippen LogP) is 5.03. The third-order valence-corrected chi connectivity index (χ3v) is 5.52. The minimum absolute atomic E-state index is 0.320. The van der Waals surface area contributed by atoms with Crippen molar-refractivity contribution < 1.29 is 19.1 Å². The van der Waals surface area contributed by atoms with Crippen LogP contribution < -0.4 is 4.74 Å². The van der Waals surface area contributed by atoms with Crippen molar-refractivity contribution >= 4 is 5.97 Å². The summed E-state index contributed by atoms with van der Waals surface area (Å²) in [6.07, 6.45) is 3.09. The molecule has 1 heterocycles. The number of aliphatic carboxylic acids is 1. The number of rotatable bonds is 7. The molecular weight excluding hydrogens is 354 g/mol. The highest BCUT2D eigenvalue weighted by atomic mass is 16.5. The Morgan fingerprint density at radius 3 is 2.46 bits per heavy atom. The van der Waals surface area contributed by atoms with Crippen molar-refractivity contribution in [1.29, 1.82) is 0 Å². The number of carbonyl (C=O) groups is 1. The zero-order valence-corrected chi connectivity index (χ0v) is 15.9. The first-order chi connectivity index (χ1) is 13.6. The van der Waals surface area contributed by atoms with Crippen LogP contribution in [0, 0.1) is 12.3 Å². The van der Waals surface area contributed by atoms with Crippen LogP contribution in [-0.2, 0) is 17.8 Å². The highest BCUT2D eigenvalue weighted by molar-refractivity contribution is 5.76. The molecule has 5 nitrogen and oxygen atoms in total. The number of hydrogen-bond donors (Lipinski definition) is 1. The SMILES string of the molecule is Cc1oc(-c2ccccc2)nc1COc1ccc(CC2(C(=O)O)CCC2)cc1. The number of benzene rings is 2. The molecule has 1 aliphatic carbocycles. The first-order valence-electron chi connectivity index (χ1n) is 9.53. The van der Waals surface area contributed by atoms with E-state index in [4.69, 9.17) is 9.15 Å². The molecule has 0 aliphatic heterocycles. The molecule has 5 heteroatoms. The van der Waals surface area contributed by atoms with Crippen LogP contribution >= 0.6 is 0 Å². The van der Waals surface area contributed by atoms with Gasteiger partial charge in [-0.3, -0.25) is 4.79 Å². The standard InChI is InChI=1S/C23H23NO4/c1-16-20(24-21(28-16)18-6-3-2-4-7-18)15-27-19-10-8-17(9-11-19)14-23(22(25)26)12-5-13-23/h2-4,6-11H,5,12-15H2,1H3,(H,25,26). The molecule has 28 heavy (non-hydrogen) atoms. The molecular formula is C23H23NO4. The van der Waals surface area contributed by atoms with E-state index in [0.717, 1.165) is 47.6 Å². The van der Waals surface area contributed by atoms with Gasteiger partial charge in [-0.25, -0.2) is 4.98 Å². The topological polar surface area (TPSA) is 72.6 Å². The summed E-state index contributed by atoms with van der Waals surface area (Å²) >= 11 is 0. The minimum Gasteiger partial charge on any atom is -0.487 e. The Labute approximate surface area is 164 Å². The molecule has 0 saturated heterocycles. The van der Waals surface area contributed by atoms with Gasteiger partial charge in [0.05, 0.1) is 5.41 Å². The van der Waals surface area contributed by atoms with Gasteiger partial charge in [-0.1, -0.05) is 36.8 Å². The molecule has 144 valence electrons. The van der Waals surface area contributed by atoms with E-state index in [2.05, 4.69) is 4.98 Å². The quantitative estimate of drug-likeness (QED) is 0.625. The average Bonchev–Trinajstić information content (AvgIpc) is 3.05. The van der Waals surface area contributed by atoms with Gasteiger partial charge in [0, 0.05) is 5.56 Å². The maximum atomic E-state index is 11.5. The van der Waals surface area contributed by atoms with Crippen LogP contribution in [0.1, 0.15) is 36.3 Å². The number of aryl methyl sites for hydroxylation is 1. The van der Waals surface area contributed by atoms with Crippen LogP contribution in [0.2, 0.25) is 0 Å². The fraction of sp³-hybridized carbons (Fsp3) is 0.304. The summed E-state index contributed by atoms with van der Waals surface area (Å²) in [5.41, 5.74) is 2.15. The Balaban J connectivity index is 1.39. The number of hydrogen-bond acceptors (Lipinski definition) is 4. The smallest absolute Gasteiger partial charge is 0.309 e. The highest BCUT2D eigenvalue weighted by Crippen LogP contribution is 2.44. The molecule has 0 amide bonds. The van der Waals surface area contributed by atoms with Gasteiger partial charge in [-0.2, -0.15) is 0 Å². The summed E-state index contributed by atoms with van der Waals surface area (Å²) in [5.74, 6) is 1.37. The van der Waals surface area contributed by atoms with Crippen LogP contribution in [0.3, 0.4) is 0 Å². The van der Waals surface area contributed by atoms with E-state index in [1.54, 1.807) is 0 Å². The molecule has 1 aliphatic rings. The summed E-state index contributed by atoms with van der Waals surface area (Å²) in [5, 5.41) is 9.48. The number of carboxylic acid groups (broad SMARTS) is 1. The van der Waals surface area contributed by atoms with Crippen LogP contribution in [0.15, 0.2) is 59.0 Å². The maximum absolute atomic E-state index is 11.5. The van der Waals surface area contributed by atoms with E-state index in [9.17, 15) is 9.90 Å². The van der Waals surface area contributed by atoms with Gasteiger partial charge in [0.15, 0.2) is 0 Å². The molecule has 1 saturated carbocycles. The van der Waals surface area contributed by atoms with Crippen LogP contribution in [-0.4, -0.2) is 16.1 Å². The summed E-state index contributed by atoms with van der Waals surface area (Å²) in [7, 11) is 0. The molecule has 1 N–H and O–H groups in total. The van der Waals surface area contributed by atoms with Gasteiger partial charge in [0.25, 0.3) is 0 Å². The van der Waals surface area contributed by atoms with Gasteiger partial charge in [0.2, 0.25) is 5.89 Å². The molecule has 3 aromatic rings. The van der Waals surface area contributed by atoms with Gasteiger partial charge >= 0.3 is 5.97 Å². The van der Waals surface area contributed by atoms with E-state index >= 15 is 0 Å². The summed E-state index contributed by atoms with van der Waals surface area (Å²) in [6.45, 7) is 2.20. The number of aromatic nitrogens is 1. The third kappa shape index (κ3) is 3.65. The van der Waals surface area contributed by atoms with Gasteiger partial charge in [0.1, 0.15) is 23.8 Å². The Morgan fingerprint density at radius 2 is 1.86 bits per heavy atom. The molecule has 4 rings (SSSR count). The average molecular weight is 377 g/mol. The Hall–Kier alpha value is -3.08. The minimum atomic E-state index is -0.685. The van der Waals surface area contributed by atoms with Gasteiger partial charge in [-0.15, -0.1) is 0 Å². The molecule has 0 bridgehead atoms. The van der Waals surface area contributed by atoms with Crippen molar-refractivity contribution in [1.82, 2.24) is 4.98 Å². The number of carboxylic acids is 1. The van der Waals surface area contributed by atoms with E-state index < -0.39 is 11.4 Å². The second kappa shape index (κ2) is 7.50. The predicted molar refractivity (Wildman–Crippen MR) is 105 cm³/mol. The second-order valence-electron chi connectivity index (χ2n) is 7.44. The first-order valence-corrected chi connectivity index (χ1v) is 9.53. The van der Waals surface area contributed by atoms with Crippen molar-refractivity contribution in [2.75, 3.05) is 0 Å². The summed E-state index contributed by atoms with van der Waals surface area (Å²) in [6, 6.07) is 17.4. The lowest BCUT2D eigenvalue weighted by atomic mass is 9.65. The molecule has 0 radical (unpaired) electrons. The van der Waals surface area contributed by atoms with Crippen LogP contribution in [0.5, 0.6) is 5.75 Å². The maximum Gasteiger partial charge on any atom is 0.309 e. The van der Waals surface area contributed by atoms with Crippen LogP contribution in [0.4, 0.5) is 0 Å². The van der Waals surface area contributed by atoms with Crippen molar-refractivity contribution in [3.8, 4) is 17.2 Å². The zero-order valence-electron chi connectivity index (χ0n) is 15.9. The Bertz CT molecular complexity index is 956. The fourth-order valence-corrected chi connectivity index (χ4v) is 3.58.